The Labute approximate surface area is 147 Å². The number of amides is 1. The van der Waals surface area contributed by atoms with Crippen LogP contribution in [-0.2, 0) is 11.2 Å². The molecule has 0 saturated carbocycles. The van der Waals surface area contributed by atoms with Gasteiger partial charge >= 0.3 is 0 Å². The van der Waals surface area contributed by atoms with E-state index in [1.54, 1.807) is 25.7 Å². The molecule has 6 nitrogen and oxygen atoms in total. The molecule has 0 aliphatic carbocycles. The second kappa shape index (κ2) is 8.46. The highest BCUT2D eigenvalue weighted by Gasteiger charge is 2.25. The number of carbonyl (C=O) groups excluding carboxylic acids is 1. The summed E-state index contributed by atoms with van der Waals surface area (Å²) in [5, 5.41) is 0. The molecule has 132 valence electrons. The van der Waals surface area contributed by atoms with Crippen molar-refractivity contribution in [3.63, 3.8) is 0 Å². The molecule has 0 bridgehead atoms. The summed E-state index contributed by atoms with van der Waals surface area (Å²) in [6.07, 6.45) is 7.91. The van der Waals surface area contributed by atoms with E-state index >= 15 is 0 Å². The van der Waals surface area contributed by atoms with Crippen LogP contribution in [0, 0.1) is 0 Å². The van der Waals surface area contributed by atoms with E-state index in [-0.39, 0.29) is 12.0 Å². The molecule has 1 aromatic heterocycles. The lowest BCUT2D eigenvalue weighted by Crippen LogP contribution is -2.44. The monoisotopic (exact) mass is 341 g/mol. The Morgan fingerprint density at radius 1 is 1.28 bits per heavy atom. The Morgan fingerprint density at radius 2 is 2.12 bits per heavy atom. The highest BCUT2D eigenvalue weighted by Crippen LogP contribution is 2.18. The van der Waals surface area contributed by atoms with Gasteiger partial charge in [0.15, 0.2) is 0 Å². The first kappa shape index (κ1) is 17.2. The van der Waals surface area contributed by atoms with Gasteiger partial charge in [-0.1, -0.05) is 12.1 Å². The lowest BCUT2D eigenvalue weighted by molar-refractivity contribution is -0.133. The van der Waals surface area contributed by atoms with Crippen molar-refractivity contribution in [3.8, 4) is 11.6 Å². The van der Waals surface area contributed by atoms with Crippen LogP contribution < -0.4 is 9.47 Å². The van der Waals surface area contributed by atoms with Crippen LogP contribution in [0.25, 0.3) is 0 Å². The smallest absolute Gasteiger partial charge is 0.232 e. The summed E-state index contributed by atoms with van der Waals surface area (Å²) in [7, 11) is 1.65. The molecule has 1 amide bonds. The van der Waals surface area contributed by atoms with Crippen LogP contribution in [0.5, 0.6) is 11.6 Å². The molecule has 6 heteroatoms. The standard InChI is InChI=1S/C19H23N3O3/c1-24-16-7-4-15(5-8-16)6-9-19(23)22-12-2-3-17(14-22)25-18-13-20-10-11-21-18/h4-5,7-8,10-11,13,17H,2-3,6,9,12,14H2,1H3/t17-/m1/s1. The molecule has 0 radical (unpaired) electrons. The maximum atomic E-state index is 12.5. The zero-order valence-electron chi connectivity index (χ0n) is 14.4. The zero-order chi connectivity index (χ0) is 17.5. The largest absolute Gasteiger partial charge is 0.497 e. The molecule has 1 atom stereocenters. The Bertz CT molecular complexity index is 676. The lowest BCUT2D eigenvalue weighted by atomic mass is 10.1. The molecular weight excluding hydrogens is 318 g/mol. The first-order valence-electron chi connectivity index (χ1n) is 8.58. The number of aromatic nitrogens is 2. The average molecular weight is 341 g/mol. The van der Waals surface area contributed by atoms with Crippen molar-refractivity contribution < 1.29 is 14.3 Å². The van der Waals surface area contributed by atoms with Gasteiger partial charge in [-0.3, -0.25) is 9.78 Å². The molecule has 1 aliphatic heterocycles. The second-order valence-electron chi connectivity index (χ2n) is 6.11. The fourth-order valence-electron chi connectivity index (χ4n) is 2.98. The van der Waals surface area contributed by atoms with Crippen molar-refractivity contribution in [2.75, 3.05) is 20.2 Å². The number of carbonyl (C=O) groups is 1. The molecule has 1 saturated heterocycles. The van der Waals surface area contributed by atoms with Crippen LogP contribution in [-0.4, -0.2) is 47.1 Å². The van der Waals surface area contributed by atoms with Gasteiger partial charge in [-0.05, 0) is 37.0 Å². The van der Waals surface area contributed by atoms with Crippen LogP contribution in [0.15, 0.2) is 42.9 Å². The van der Waals surface area contributed by atoms with E-state index in [1.807, 2.05) is 29.2 Å². The highest BCUT2D eigenvalue weighted by molar-refractivity contribution is 5.76. The Kier molecular flexibility index (Phi) is 5.82. The number of piperidine rings is 1. The van der Waals surface area contributed by atoms with Gasteiger partial charge in [-0.15, -0.1) is 0 Å². The SMILES string of the molecule is COc1ccc(CCC(=O)N2CCC[C@@H](Oc3cnccn3)C2)cc1. The summed E-state index contributed by atoms with van der Waals surface area (Å²) in [6, 6.07) is 7.85. The number of rotatable bonds is 6. The number of aryl methyl sites for hydroxylation is 1. The van der Waals surface area contributed by atoms with E-state index < -0.39 is 0 Å². The van der Waals surface area contributed by atoms with Gasteiger partial charge in [-0.2, -0.15) is 0 Å². The number of methoxy groups -OCH3 is 1. The van der Waals surface area contributed by atoms with Gasteiger partial charge < -0.3 is 14.4 Å². The molecule has 1 aromatic carbocycles. The van der Waals surface area contributed by atoms with Gasteiger partial charge in [0.25, 0.3) is 0 Å². The van der Waals surface area contributed by atoms with E-state index in [0.717, 1.165) is 37.1 Å². The van der Waals surface area contributed by atoms with Crippen molar-refractivity contribution >= 4 is 5.91 Å². The molecule has 1 aliphatic rings. The van der Waals surface area contributed by atoms with Crippen LogP contribution in [0.1, 0.15) is 24.8 Å². The third-order valence-corrected chi connectivity index (χ3v) is 4.34. The summed E-state index contributed by atoms with van der Waals surface area (Å²) >= 11 is 0. The van der Waals surface area contributed by atoms with Crippen molar-refractivity contribution in [1.82, 2.24) is 14.9 Å². The first-order chi connectivity index (χ1) is 12.2. The van der Waals surface area contributed by atoms with E-state index in [2.05, 4.69) is 9.97 Å². The topological polar surface area (TPSA) is 64.5 Å². The molecular formula is C19H23N3O3. The molecule has 1 fully saturated rings. The molecule has 3 rings (SSSR count). The minimum atomic E-state index is -0.0182. The zero-order valence-corrected chi connectivity index (χ0v) is 14.4. The van der Waals surface area contributed by atoms with Crippen LogP contribution >= 0.6 is 0 Å². The minimum Gasteiger partial charge on any atom is -0.497 e. The van der Waals surface area contributed by atoms with Gasteiger partial charge in [0.05, 0.1) is 19.9 Å². The summed E-state index contributed by atoms with van der Waals surface area (Å²) in [5.41, 5.74) is 1.14. The lowest BCUT2D eigenvalue weighted by Gasteiger charge is -2.32. The van der Waals surface area contributed by atoms with Crippen LogP contribution in [0.2, 0.25) is 0 Å². The van der Waals surface area contributed by atoms with Crippen LogP contribution in [0.3, 0.4) is 0 Å². The van der Waals surface area contributed by atoms with Gasteiger partial charge in [0.2, 0.25) is 11.8 Å². The van der Waals surface area contributed by atoms with Crippen molar-refractivity contribution in [3.05, 3.63) is 48.4 Å². The van der Waals surface area contributed by atoms with Crippen molar-refractivity contribution in [1.29, 1.82) is 0 Å². The Balaban J connectivity index is 1.49. The van der Waals surface area contributed by atoms with E-state index in [0.29, 0.717) is 18.8 Å². The number of likely N-dealkylation sites (tertiary alicyclic amines) is 1. The third kappa shape index (κ3) is 4.92. The van der Waals surface area contributed by atoms with Crippen molar-refractivity contribution in [2.24, 2.45) is 0 Å². The highest BCUT2D eigenvalue weighted by atomic mass is 16.5. The number of ether oxygens (including phenoxy) is 2. The summed E-state index contributed by atoms with van der Waals surface area (Å²) in [5.74, 6) is 1.51. The fraction of sp³-hybridized carbons (Fsp3) is 0.421. The quantitative estimate of drug-likeness (QED) is 0.808. The number of nitrogens with zero attached hydrogens (tertiary/aromatic N) is 3. The summed E-state index contributed by atoms with van der Waals surface area (Å²) < 4.78 is 11.0. The normalized spacial score (nSPS) is 17.2. The van der Waals surface area contributed by atoms with Crippen molar-refractivity contribution in [2.45, 2.75) is 31.8 Å². The summed E-state index contributed by atoms with van der Waals surface area (Å²) in [4.78, 5) is 22.5. The van der Waals surface area contributed by atoms with Gasteiger partial charge in [0.1, 0.15) is 11.9 Å². The van der Waals surface area contributed by atoms with Gasteiger partial charge in [-0.25, -0.2) is 4.98 Å². The van der Waals surface area contributed by atoms with E-state index in [4.69, 9.17) is 9.47 Å². The molecule has 0 N–H and O–H groups in total. The van der Waals surface area contributed by atoms with E-state index in [9.17, 15) is 4.79 Å². The predicted molar refractivity (Wildman–Crippen MR) is 93.6 cm³/mol. The van der Waals surface area contributed by atoms with E-state index in [1.165, 1.54) is 0 Å². The Morgan fingerprint density at radius 3 is 2.84 bits per heavy atom. The summed E-state index contributed by atoms with van der Waals surface area (Å²) in [6.45, 7) is 1.40. The predicted octanol–water partition coefficient (Wildman–Crippen LogP) is 2.49. The molecule has 0 spiro atoms. The Hall–Kier alpha value is -2.63. The number of benzene rings is 1. The van der Waals surface area contributed by atoms with Crippen LogP contribution in [0.4, 0.5) is 0 Å². The minimum absolute atomic E-state index is 0.0182. The first-order valence-corrected chi connectivity index (χ1v) is 8.58. The number of hydrogen-bond donors (Lipinski definition) is 0. The maximum absolute atomic E-state index is 12.5. The maximum Gasteiger partial charge on any atom is 0.232 e. The van der Waals surface area contributed by atoms with Gasteiger partial charge in [0, 0.05) is 25.4 Å². The second-order valence-corrected chi connectivity index (χ2v) is 6.11. The molecule has 2 aromatic rings. The number of hydrogen-bond acceptors (Lipinski definition) is 5. The molecule has 25 heavy (non-hydrogen) atoms. The third-order valence-electron chi connectivity index (χ3n) is 4.34. The average Bonchev–Trinajstić information content (AvgIpc) is 2.67. The fourth-order valence-corrected chi connectivity index (χ4v) is 2.98. The molecule has 0 unspecified atom stereocenters. The molecule has 2 heterocycles.